The largest absolute Gasteiger partial charge is 0.444 e. The fourth-order valence-corrected chi connectivity index (χ4v) is 3.78. The van der Waals surface area contributed by atoms with Gasteiger partial charge >= 0.3 is 6.09 Å². The van der Waals surface area contributed by atoms with Crippen molar-refractivity contribution in [1.82, 2.24) is 14.7 Å². The van der Waals surface area contributed by atoms with Crippen LogP contribution in [0.25, 0.3) is 0 Å². The van der Waals surface area contributed by atoms with Crippen molar-refractivity contribution >= 4 is 23.5 Å². The van der Waals surface area contributed by atoms with Gasteiger partial charge < -0.3 is 20.7 Å². The Labute approximate surface area is 196 Å². The maximum atomic E-state index is 14.0. The third kappa shape index (κ3) is 5.26. The predicted octanol–water partition coefficient (Wildman–Crippen LogP) is 3.38. The molecule has 1 saturated heterocycles. The van der Waals surface area contributed by atoms with Crippen LogP contribution in [0.15, 0.2) is 24.4 Å². The first-order chi connectivity index (χ1) is 16.0. The molecule has 0 unspecified atom stereocenters. The van der Waals surface area contributed by atoms with E-state index in [4.69, 9.17) is 15.7 Å². The Hall–Kier alpha value is -4.12. The maximum Gasteiger partial charge on any atom is 0.410 e. The zero-order valence-electron chi connectivity index (χ0n) is 19.3. The summed E-state index contributed by atoms with van der Waals surface area (Å²) in [7, 11) is 0. The quantitative estimate of drug-likeness (QED) is 0.684. The van der Waals surface area contributed by atoms with E-state index in [1.54, 1.807) is 31.7 Å². The van der Waals surface area contributed by atoms with Gasteiger partial charge in [-0.05, 0) is 51.8 Å². The molecule has 1 aromatic carbocycles. The molecule has 2 aromatic rings. The highest BCUT2D eigenvalue weighted by atomic mass is 19.1. The van der Waals surface area contributed by atoms with E-state index in [0.29, 0.717) is 25.9 Å². The Morgan fingerprint density at radius 1 is 1.29 bits per heavy atom. The predicted molar refractivity (Wildman–Crippen MR) is 120 cm³/mol. The molecule has 1 fully saturated rings. The van der Waals surface area contributed by atoms with Crippen LogP contribution in [0.5, 0.6) is 0 Å². The Morgan fingerprint density at radius 2 is 1.97 bits per heavy atom. The van der Waals surface area contributed by atoms with Crippen LogP contribution in [-0.4, -0.2) is 45.4 Å². The van der Waals surface area contributed by atoms with Crippen molar-refractivity contribution in [1.29, 1.82) is 10.5 Å². The number of aromatic nitrogens is 2. The number of hydrogen-bond acceptors (Lipinski definition) is 7. The second kappa shape index (κ2) is 9.40. The molecule has 0 atom stereocenters. The maximum absolute atomic E-state index is 14.0. The summed E-state index contributed by atoms with van der Waals surface area (Å²) in [5, 5.41) is 25.7. The van der Waals surface area contributed by atoms with Gasteiger partial charge in [0.25, 0.3) is 5.91 Å². The second-order valence-electron chi connectivity index (χ2n) is 9.16. The van der Waals surface area contributed by atoms with Gasteiger partial charge in [0.2, 0.25) is 0 Å². The highest BCUT2D eigenvalue weighted by Crippen LogP contribution is 2.35. The van der Waals surface area contributed by atoms with Crippen molar-refractivity contribution in [2.75, 3.05) is 18.4 Å². The summed E-state index contributed by atoms with van der Waals surface area (Å²) < 4.78 is 21.0. The van der Waals surface area contributed by atoms with Crippen molar-refractivity contribution in [3.63, 3.8) is 0 Å². The molecule has 1 aliphatic rings. The molecule has 0 radical (unpaired) electrons. The summed E-state index contributed by atoms with van der Waals surface area (Å²) in [6, 6.07) is 7.82. The molecular weight excluding hydrogens is 441 g/mol. The molecule has 178 valence electrons. The number of nitriles is 2. The summed E-state index contributed by atoms with van der Waals surface area (Å²) in [4.78, 5) is 26.1. The first kappa shape index (κ1) is 24.5. The van der Waals surface area contributed by atoms with Crippen LogP contribution in [0.1, 0.15) is 56.0 Å². The number of carbonyl (C=O) groups excluding carboxylic acids is 2. The lowest BCUT2D eigenvalue weighted by Gasteiger charge is -2.40. The number of nitrogens with zero attached hydrogens (tertiary/aromatic N) is 5. The molecule has 0 saturated carbocycles. The van der Waals surface area contributed by atoms with Crippen LogP contribution in [-0.2, 0) is 10.3 Å². The number of piperidine rings is 1. The molecule has 2 amide bonds. The summed E-state index contributed by atoms with van der Waals surface area (Å²) in [5.41, 5.74) is 4.37. The summed E-state index contributed by atoms with van der Waals surface area (Å²) in [5.74, 6) is -1.37. The molecule has 3 rings (SSSR count). The number of likely N-dealkylation sites (tertiary alicyclic amines) is 1. The fraction of sp³-hybridized carbons (Fsp3) is 0.435. The average molecular weight is 468 g/mol. The molecule has 11 heteroatoms. The minimum absolute atomic E-state index is 0.0663. The van der Waals surface area contributed by atoms with Gasteiger partial charge in [-0.1, -0.05) is 0 Å². The van der Waals surface area contributed by atoms with Crippen LogP contribution >= 0.6 is 0 Å². The number of hydrogen-bond donors (Lipinski definition) is 2. The van der Waals surface area contributed by atoms with Crippen molar-refractivity contribution < 1.29 is 18.7 Å². The van der Waals surface area contributed by atoms with Crippen LogP contribution in [0.4, 0.5) is 20.7 Å². The molecule has 2 heterocycles. The topological polar surface area (TPSA) is 150 Å². The van der Waals surface area contributed by atoms with Crippen molar-refractivity contribution in [3.05, 3.63) is 41.3 Å². The van der Waals surface area contributed by atoms with Crippen LogP contribution in [0.3, 0.4) is 0 Å². The van der Waals surface area contributed by atoms with Crippen LogP contribution < -0.4 is 11.1 Å². The number of carbonyl (C=O) groups is 2. The second-order valence-corrected chi connectivity index (χ2v) is 9.16. The molecule has 1 aromatic heterocycles. The number of benzene rings is 1. The molecule has 10 nitrogen and oxygen atoms in total. The van der Waals surface area contributed by atoms with Crippen molar-refractivity contribution in [3.8, 4) is 12.1 Å². The third-order valence-electron chi connectivity index (χ3n) is 5.57. The first-order valence-electron chi connectivity index (χ1n) is 10.7. The zero-order chi connectivity index (χ0) is 25.1. The number of ether oxygens (including phenoxy) is 1. The molecule has 34 heavy (non-hydrogen) atoms. The molecular formula is C23H26FN7O3. The Kier molecular flexibility index (Phi) is 6.78. The van der Waals surface area contributed by atoms with E-state index in [9.17, 15) is 19.2 Å². The number of halogens is 1. The Balaban J connectivity index is 1.88. The van der Waals surface area contributed by atoms with E-state index in [-0.39, 0.29) is 29.1 Å². The molecule has 3 N–H and O–H groups in total. The zero-order valence-corrected chi connectivity index (χ0v) is 19.3. The molecule has 1 aliphatic heterocycles. The molecule has 0 spiro atoms. The molecule has 0 bridgehead atoms. The number of nitrogens with two attached hydrogens (primary N) is 1. The van der Waals surface area contributed by atoms with Crippen LogP contribution in [0, 0.1) is 28.5 Å². The Morgan fingerprint density at radius 3 is 2.50 bits per heavy atom. The normalized spacial score (nSPS) is 15.2. The van der Waals surface area contributed by atoms with Crippen LogP contribution in [0.2, 0.25) is 0 Å². The number of amides is 2. The standard InChI is InChI=1S/C23H26FN7O3/c1-22(2,3)34-21(33)30-10-7-23(6-9-25,8-11-30)31-14-17(19(27)32)20(29-31)28-16-5-4-15(13-26)18(24)12-16/h4-5,12,14H,6-8,10-11H2,1-3H3,(H2,27,32)(H,28,29). The average Bonchev–Trinajstić information content (AvgIpc) is 3.18. The first-order valence-corrected chi connectivity index (χ1v) is 10.7. The van der Waals surface area contributed by atoms with Gasteiger partial charge in [0.05, 0.1) is 23.6 Å². The lowest BCUT2D eigenvalue weighted by atomic mass is 9.85. The minimum Gasteiger partial charge on any atom is -0.444 e. The lowest BCUT2D eigenvalue weighted by Crippen LogP contribution is -2.49. The number of rotatable bonds is 5. The fourth-order valence-electron chi connectivity index (χ4n) is 3.78. The lowest BCUT2D eigenvalue weighted by molar-refractivity contribution is 0.0105. The van der Waals surface area contributed by atoms with Crippen molar-refractivity contribution in [2.24, 2.45) is 5.73 Å². The van der Waals surface area contributed by atoms with Crippen molar-refractivity contribution in [2.45, 2.75) is 51.2 Å². The van der Waals surface area contributed by atoms with E-state index in [0.717, 1.165) is 6.07 Å². The van der Waals surface area contributed by atoms with Gasteiger partial charge in [-0.2, -0.15) is 15.6 Å². The number of nitrogens with one attached hydrogen (secondary N) is 1. The number of anilines is 2. The van der Waals surface area contributed by atoms with Gasteiger partial charge in [-0.15, -0.1) is 0 Å². The Bertz CT molecular complexity index is 1180. The minimum atomic E-state index is -0.771. The molecule has 0 aliphatic carbocycles. The smallest absolute Gasteiger partial charge is 0.410 e. The number of primary amides is 1. The SMILES string of the molecule is CC(C)(C)OC(=O)N1CCC(CC#N)(n2cc(C(N)=O)c(Nc3ccc(C#N)c(F)c3)n2)CC1. The highest BCUT2D eigenvalue weighted by molar-refractivity contribution is 5.98. The van der Waals surface area contributed by atoms with E-state index in [2.05, 4.69) is 16.5 Å². The van der Waals surface area contributed by atoms with E-state index >= 15 is 0 Å². The van der Waals surface area contributed by atoms with E-state index < -0.39 is 29.0 Å². The van der Waals surface area contributed by atoms with Gasteiger partial charge in [0.15, 0.2) is 5.82 Å². The third-order valence-corrected chi connectivity index (χ3v) is 5.57. The highest BCUT2D eigenvalue weighted by Gasteiger charge is 2.40. The monoisotopic (exact) mass is 467 g/mol. The summed E-state index contributed by atoms with van der Waals surface area (Å²) in [6.45, 7) is 6.05. The van der Waals surface area contributed by atoms with Gasteiger partial charge in [-0.3, -0.25) is 9.48 Å². The van der Waals surface area contributed by atoms with Gasteiger partial charge in [0, 0.05) is 25.0 Å². The summed E-state index contributed by atoms with van der Waals surface area (Å²) in [6.07, 6.45) is 1.95. The van der Waals surface area contributed by atoms with Gasteiger partial charge in [-0.25, -0.2) is 9.18 Å². The van der Waals surface area contributed by atoms with E-state index in [1.807, 2.05) is 0 Å². The van der Waals surface area contributed by atoms with Gasteiger partial charge in [0.1, 0.15) is 23.1 Å². The van der Waals surface area contributed by atoms with E-state index in [1.165, 1.54) is 23.0 Å². The summed E-state index contributed by atoms with van der Waals surface area (Å²) >= 11 is 0.